The number of hydrogen-bond acceptors (Lipinski definition) is 15. The zero-order valence-electron chi connectivity index (χ0n) is 65.7. The lowest BCUT2D eigenvalue weighted by molar-refractivity contribution is -0.161. The van der Waals surface area contributed by atoms with Crippen LogP contribution >= 0.6 is 15.6 Å². The van der Waals surface area contributed by atoms with Crippen LogP contribution in [0, 0.1) is 0 Å². The van der Waals surface area contributed by atoms with Gasteiger partial charge in [-0.25, -0.2) is 9.13 Å². The number of phosphoric acid groups is 2. The second-order valence-electron chi connectivity index (χ2n) is 27.3. The van der Waals surface area contributed by atoms with E-state index in [1.807, 2.05) is 0 Å². The van der Waals surface area contributed by atoms with Crippen LogP contribution in [-0.4, -0.2) is 96.7 Å². The van der Waals surface area contributed by atoms with Gasteiger partial charge in [0.05, 0.1) is 26.4 Å². The summed E-state index contributed by atoms with van der Waals surface area (Å²) >= 11 is 0. The molecule has 0 bridgehead atoms. The molecule has 3 N–H and O–H groups in total. The Hall–Kier alpha value is -4.28. The maximum Gasteiger partial charge on any atom is 0.472 e. The molecule has 0 aromatic carbocycles. The van der Waals surface area contributed by atoms with E-state index in [0.29, 0.717) is 25.7 Å². The molecule has 600 valence electrons. The Morgan fingerprint density at radius 3 is 0.798 bits per heavy atom. The first-order valence-electron chi connectivity index (χ1n) is 41.1. The maximum absolute atomic E-state index is 13.1. The number of aliphatic hydroxyl groups is 1. The van der Waals surface area contributed by atoms with Crippen molar-refractivity contribution in [1.29, 1.82) is 0 Å². The summed E-state index contributed by atoms with van der Waals surface area (Å²) in [6.45, 7) is 4.69. The molecule has 0 aromatic heterocycles. The van der Waals surface area contributed by atoms with Gasteiger partial charge in [-0.2, -0.15) is 0 Å². The summed E-state index contributed by atoms with van der Waals surface area (Å²) in [5.74, 6) is -2.22. The third-order valence-electron chi connectivity index (χ3n) is 17.2. The van der Waals surface area contributed by atoms with Crippen LogP contribution in [-0.2, 0) is 65.4 Å². The lowest BCUT2D eigenvalue weighted by Crippen LogP contribution is -2.30. The molecule has 5 atom stereocenters. The second-order valence-corrected chi connectivity index (χ2v) is 30.2. The molecule has 19 heteroatoms. The van der Waals surface area contributed by atoms with Crippen molar-refractivity contribution in [2.45, 2.75) is 367 Å². The van der Waals surface area contributed by atoms with Crippen LogP contribution in [0.1, 0.15) is 349 Å². The highest BCUT2D eigenvalue weighted by Gasteiger charge is 2.30. The molecule has 0 spiro atoms. The van der Waals surface area contributed by atoms with E-state index in [1.165, 1.54) is 77.0 Å². The molecule has 17 nitrogen and oxygen atoms in total. The number of rotatable bonds is 77. The Kier molecular flexibility index (Phi) is 73.7. The van der Waals surface area contributed by atoms with E-state index in [0.717, 1.165) is 193 Å². The Morgan fingerprint density at radius 1 is 0.279 bits per heavy atom. The highest BCUT2D eigenvalue weighted by molar-refractivity contribution is 7.47. The van der Waals surface area contributed by atoms with Crippen molar-refractivity contribution in [2.24, 2.45) is 0 Å². The fourth-order valence-electron chi connectivity index (χ4n) is 10.9. The van der Waals surface area contributed by atoms with Gasteiger partial charge in [-0.1, -0.05) is 278 Å². The van der Waals surface area contributed by atoms with Crippen molar-refractivity contribution < 1.29 is 80.2 Å². The lowest BCUT2D eigenvalue weighted by atomic mass is 10.1. The molecule has 0 aliphatic carbocycles. The number of phosphoric ester groups is 2. The zero-order valence-corrected chi connectivity index (χ0v) is 67.5. The van der Waals surface area contributed by atoms with Crippen LogP contribution in [0.15, 0.2) is 109 Å². The summed E-state index contributed by atoms with van der Waals surface area (Å²) < 4.78 is 68.7. The van der Waals surface area contributed by atoms with Gasteiger partial charge < -0.3 is 33.8 Å². The minimum absolute atomic E-state index is 0.0755. The monoisotopic (exact) mass is 1500 g/mol. The fraction of sp³-hybridized carbons (Fsp3) is 0.741. The third kappa shape index (κ3) is 75.9. The molecule has 104 heavy (non-hydrogen) atoms. The molecule has 0 aliphatic rings. The first-order chi connectivity index (χ1) is 50.7. The standard InChI is InChI=1S/C85H148O17P2/c1-5-9-13-17-21-25-29-33-37-38-39-40-44-46-50-54-58-62-66-70-83(88)96-76-81(102-85(90)72-68-64-60-56-52-48-43-36-32-28-24-20-16-12-8-4)78-100-104(93,94)98-74-79(86)73-97-103(91,92)99-77-80(101-84(89)71-67-63-59-55-51-47-42-35-31-27-23-19-15-11-7-3)75-95-82(87)69-65-61-57-53-49-45-41-34-30-26-22-18-14-10-6-2/h9,13,21-23,25-27,33-37,39-43,79-81,86H,5-8,10-12,14-20,24,28-32,38,44-78H2,1-4H3,(H,91,92)(H,93,94)/b13-9-,25-21-,26-22-,27-23-,37-33-,40-39-,41-34-,42-35-,43-36-. The highest BCUT2D eigenvalue weighted by atomic mass is 31.2. The van der Waals surface area contributed by atoms with Crippen LogP contribution in [0.25, 0.3) is 0 Å². The second kappa shape index (κ2) is 76.9. The molecular weight excluding hydrogens is 1350 g/mol. The van der Waals surface area contributed by atoms with Gasteiger partial charge in [0, 0.05) is 25.7 Å². The largest absolute Gasteiger partial charge is 0.472 e. The van der Waals surface area contributed by atoms with E-state index in [-0.39, 0.29) is 25.7 Å². The van der Waals surface area contributed by atoms with Gasteiger partial charge in [0.25, 0.3) is 0 Å². The number of ether oxygens (including phenoxy) is 4. The van der Waals surface area contributed by atoms with E-state index < -0.39 is 97.5 Å². The molecule has 0 aliphatic heterocycles. The van der Waals surface area contributed by atoms with Crippen LogP contribution in [0.3, 0.4) is 0 Å². The number of carbonyl (C=O) groups excluding carboxylic acids is 4. The summed E-state index contributed by atoms with van der Waals surface area (Å²) in [4.78, 5) is 73.1. The summed E-state index contributed by atoms with van der Waals surface area (Å²) in [5, 5.41) is 10.7. The summed E-state index contributed by atoms with van der Waals surface area (Å²) in [7, 11) is -9.97. The Bertz CT molecular complexity index is 2390. The molecule has 0 heterocycles. The van der Waals surface area contributed by atoms with Crippen molar-refractivity contribution in [3.8, 4) is 0 Å². The van der Waals surface area contributed by atoms with Gasteiger partial charge in [-0.3, -0.25) is 37.3 Å². The molecular formula is C85H148O17P2. The van der Waals surface area contributed by atoms with Crippen LogP contribution in [0.5, 0.6) is 0 Å². The fourth-order valence-corrected chi connectivity index (χ4v) is 12.5. The number of aliphatic hydroxyl groups excluding tert-OH is 1. The molecule has 0 fully saturated rings. The topological polar surface area (TPSA) is 237 Å². The predicted octanol–water partition coefficient (Wildman–Crippen LogP) is 24.1. The molecule has 0 radical (unpaired) electrons. The maximum atomic E-state index is 13.1. The Labute approximate surface area is 632 Å². The van der Waals surface area contributed by atoms with Gasteiger partial charge >= 0.3 is 39.5 Å². The molecule has 0 saturated carbocycles. The third-order valence-corrected chi connectivity index (χ3v) is 19.1. The van der Waals surface area contributed by atoms with E-state index in [9.17, 15) is 43.2 Å². The lowest BCUT2D eigenvalue weighted by Gasteiger charge is -2.21. The summed E-state index contributed by atoms with van der Waals surface area (Å²) in [6, 6.07) is 0. The Balaban J connectivity index is 5.39. The highest BCUT2D eigenvalue weighted by Crippen LogP contribution is 2.45. The molecule has 5 unspecified atom stereocenters. The van der Waals surface area contributed by atoms with Crippen molar-refractivity contribution >= 4 is 39.5 Å². The van der Waals surface area contributed by atoms with E-state index >= 15 is 0 Å². The smallest absolute Gasteiger partial charge is 0.462 e. The van der Waals surface area contributed by atoms with Crippen LogP contribution in [0.4, 0.5) is 0 Å². The minimum Gasteiger partial charge on any atom is -0.462 e. The summed E-state index contributed by atoms with van der Waals surface area (Å²) in [6.07, 6.45) is 83.4. The van der Waals surface area contributed by atoms with Crippen LogP contribution in [0.2, 0.25) is 0 Å². The number of hydrogen-bond donors (Lipinski definition) is 3. The molecule has 0 saturated heterocycles. The average molecular weight is 1500 g/mol. The van der Waals surface area contributed by atoms with E-state index in [4.69, 9.17) is 37.0 Å². The van der Waals surface area contributed by atoms with Gasteiger partial charge in [0.2, 0.25) is 0 Å². The van der Waals surface area contributed by atoms with Gasteiger partial charge in [0.15, 0.2) is 12.2 Å². The number of esters is 4. The first kappa shape index (κ1) is 99.7. The van der Waals surface area contributed by atoms with Crippen molar-refractivity contribution in [1.82, 2.24) is 0 Å². The van der Waals surface area contributed by atoms with Gasteiger partial charge in [-0.15, -0.1) is 0 Å². The number of allylic oxidation sites excluding steroid dienone is 18. The Morgan fingerprint density at radius 2 is 0.500 bits per heavy atom. The molecule has 0 rings (SSSR count). The molecule has 0 aromatic rings. The van der Waals surface area contributed by atoms with Gasteiger partial charge in [0.1, 0.15) is 19.3 Å². The normalized spacial score (nSPS) is 14.4. The number of carbonyl (C=O) groups is 4. The number of unbranched alkanes of at least 4 members (excludes halogenated alkanes) is 33. The van der Waals surface area contributed by atoms with Crippen molar-refractivity contribution in [3.63, 3.8) is 0 Å². The predicted molar refractivity (Wildman–Crippen MR) is 427 cm³/mol. The summed E-state index contributed by atoms with van der Waals surface area (Å²) in [5.41, 5.74) is 0. The van der Waals surface area contributed by atoms with E-state index in [1.54, 1.807) is 0 Å². The van der Waals surface area contributed by atoms with Crippen molar-refractivity contribution in [3.05, 3.63) is 109 Å². The molecule has 0 amide bonds. The van der Waals surface area contributed by atoms with Crippen molar-refractivity contribution in [2.75, 3.05) is 39.6 Å². The van der Waals surface area contributed by atoms with Crippen LogP contribution < -0.4 is 0 Å². The first-order valence-corrected chi connectivity index (χ1v) is 44.1. The minimum atomic E-state index is -4.99. The zero-order chi connectivity index (χ0) is 76.0. The van der Waals surface area contributed by atoms with Gasteiger partial charge in [-0.05, 0) is 154 Å². The SMILES string of the molecule is CC/C=C\C/C=C\C/C=C\C/C=C\CCCCCCCCC(=O)OCC(COP(=O)(O)OCC(O)COP(=O)(O)OCC(COC(=O)CCCCCCC/C=C\C/C=C\CCCCC)OC(=O)CCCCCCC/C=C\C/C=C\CCCCC)OC(=O)CCCCCCC/C=C\CCCCCCCC. The average Bonchev–Trinajstić information content (AvgIpc) is 0.918. The van der Waals surface area contributed by atoms with E-state index in [2.05, 4.69) is 137 Å². The quantitative estimate of drug-likeness (QED) is 0.0169.